The van der Waals surface area contributed by atoms with Crippen LogP contribution in [0.3, 0.4) is 0 Å². The molecule has 0 spiro atoms. The Kier molecular flexibility index (Phi) is 3.88. The predicted octanol–water partition coefficient (Wildman–Crippen LogP) is 1.60. The molecule has 15 heavy (non-hydrogen) atoms. The van der Waals surface area contributed by atoms with Crippen LogP contribution in [0.15, 0.2) is 24.3 Å². The van der Waals surface area contributed by atoms with E-state index >= 15 is 0 Å². The smallest absolute Gasteiger partial charge is 0.202 e. The molecule has 0 fully saturated rings. The maximum Gasteiger partial charge on any atom is 0.202 e. The number of thiol groups is 1. The number of nitrogens with one attached hydrogen (secondary N) is 1. The summed E-state index contributed by atoms with van der Waals surface area (Å²) in [6.07, 6.45) is 0.990. The number of rotatable bonds is 4. The third-order valence-corrected chi connectivity index (χ3v) is 3.20. The second-order valence-electron chi connectivity index (χ2n) is 4.04. The van der Waals surface area contributed by atoms with Crippen LogP contribution >= 0.6 is 0 Å². The normalized spacial score (nSPS) is 12.0. The second kappa shape index (κ2) is 4.77. The SMILES string of the molecule is CCc1ccc(C(C)(C)N[SH](=O)=O)cc1. The van der Waals surface area contributed by atoms with Gasteiger partial charge >= 0.3 is 0 Å². The van der Waals surface area contributed by atoms with Gasteiger partial charge in [0.15, 0.2) is 0 Å². The lowest BCUT2D eigenvalue weighted by Crippen LogP contribution is -2.35. The summed E-state index contributed by atoms with van der Waals surface area (Å²) in [5.41, 5.74) is 1.68. The van der Waals surface area contributed by atoms with Crippen molar-refractivity contribution < 1.29 is 8.42 Å². The highest BCUT2D eigenvalue weighted by atomic mass is 32.2. The van der Waals surface area contributed by atoms with Gasteiger partial charge in [-0.3, -0.25) is 0 Å². The van der Waals surface area contributed by atoms with Crippen molar-refractivity contribution in [2.24, 2.45) is 0 Å². The Morgan fingerprint density at radius 3 is 2.13 bits per heavy atom. The van der Waals surface area contributed by atoms with Gasteiger partial charge in [0.25, 0.3) is 0 Å². The molecule has 0 saturated heterocycles. The Morgan fingerprint density at radius 1 is 1.20 bits per heavy atom. The van der Waals surface area contributed by atoms with E-state index in [1.165, 1.54) is 5.56 Å². The van der Waals surface area contributed by atoms with Gasteiger partial charge in [0, 0.05) is 0 Å². The predicted molar refractivity (Wildman–Crippen MR) is 62.3 cm³/mol. The van der Waals surface area contributed by atoms with E-state index in [-0.39, 0.29) is 0 Å². The third-order valence-electron chi connectivity index (χ3n) is 2.45. The molecule has 0 saturated carbocycles. The molecule has 3 nitrogen and oxygen atoms in total. The summed E-state index contributed by atoms with van der Waals surface area (Å²) in [4.78, 5) is 0. The molecule has 0 aromatic heterocycles. The van der Waals surface area contributed by atoms with E-state index in [9.17, 15) is 8.42 Å². The molecule has 0 aliphatic heterocycles. The molecular formula is C11H17NO2S. The molecule has 0 unspecified atom stereocenters. The van der Waals surface area contributed by atoms with Crippen LogP contribution in [-0.2, 0) is 22.8 Å². The minimum absolute atomic E-state index is 0.540. The van der Waals surface area contributed by atoms with Crippen LogP contribution in [0, 0.1) is 0 Å². The minimum Gasteiger partial charge on any atom is -0.215 e. The van der Waals surface area contributed by atoms with Gasteiger partial charge in [0.2, 0.25) is 10.9 Å². The molecular weight excluding hydrogens is 210 g/mol. The number of hydrogen-bond acceptors (Lipinski definition) is 2. The molecule has 1 rings (SSSR count). The fourth-order valence-electron chi connectivity index (χ4n) is 1.45. The summed E-state index contributed by atoms with van der Waals surface area (Å²) >= 11 is 0. The largest absolute Gasteiger partial charge is 0.215 e. The third kappa shape index (κ3) is 3.32. The average Bonchev–Trinajstić information content (AvgIpc) is 2.16. The Hall–Kier alpha value is -0.870. The number of hydrogen-bond donors (Lipinski definition) is 2. The van der Waals surface area contributed by atoms with E-state index in [1.54, 1.807) is 0 Å². The highest BCUT2D eigenvalue weighted by molar-refractivity contribution is 7.70. The Bertz CT molecular complexity index is 386. The minimum atomic E-state index is -2.57. The van der Waals surface area contributed by atoms with E-state index in [2.05, 4.69) is 11.6 Å². The van der Waals surface area contributed by atoms with E-state index in [0.717, 1.165) is 12.0 Å². The van der Waals surface area contributed by atoms with Gasteiger partial charge in [-0.25, -0.2) is 13.1 Å². The van der Waals surface area contributed by atoms with Crippen LogP contribution in [-0.4, -0.2) is 8.42 Å². The van der Waals surface area contributed by atoms with Gasteiger partial charge in [0.1, 0.15) is 0 Å². The molecule has 0 amide bonds. The van der Waals surface area contributed by atoms with Gasteiger partial charge in [-0.1, -0.05) is 31.2 Å². The molecule has 4 heteroatoms. The standard InChI is InChI=1S/C11H17NO2S/c1-4-9-5-7-10(8-6-9)11(2,3)12-15(13)14/h5-8,15H,4H2,1-3H3,(H,12,13,14). The first kappa shape index (κ1) is 12.2. The topological polar surface area (TPSA) is 46.2 Å². The van der Waals surface area contributed by atoms with Crippen molar-refractivity contribution in [1.29, 1.82) is 0 Å². The summed E-state index contributed by atoms with van der Waals surface area (Å²) < 4.78 is 23.8. The van der Waals surface area contributed by atoms with Crippen molar-refractivity contribution in [3.05, 3.63) is 35.4 Å². The zero-order valence-electron chi connectivity index (χ0n) is 9.28. The summed E-state index contributed by atoms with van der Waals surface area (Å²) in [5, 5.41) is 0. The summed E-state index contributed by atoms with van der Waals surface area (Å²) in [6, 6.07) is 7.97. The van der Waals surface area contributed by atoms with Gasteiger partial charge in [-0.2, -0.15) is 0 Å². The number of benzene rings is 1. The summed E-state index contributed by atoms with van der Waals surface area (Å²) in [5.74, 6) is 0. The number of aryl methyl sites for hydroxylation is 1. The van der Waals surface area contributed by atoms with E-state index in [0.29, 0.717) is 0 Å². The maximum atomic E-state index is 10.6. The van der Waals surface area contributed by atoms with Crippen LogP contribution in [0.2, 0.25) is 0 Å². The molecule has 0 aliphatic carbocycles. The molecule has 0 atom stereocenters. The first-order valence-corrected chi connectivity index (χ1v) is 6.15. The Balaban J connectivity index is 2.94. The van der Waals surface area contributed by atoms with E-state index in [1.807, 2.05) is 38.1 Å². The molecule has 0 heterocycles. The van der Waals surface area contributed by atoms with Crippen LogP contribution in [0.25, 0.3) is 0 Å². The van der Waals surface area contributed by atoms with E-state index < -0.39 is 16.4 Å². The molecule has 0 bridgehead atoms. The van der Waals surface area contributed by atoms with Crippen molar-refractivity contribution in [1.82, 2.24) is 4.72 Å². The molecule has 0 radical (unpaired) electrons. The van der Waals surface area contributed by atoms with Crippen LogP contribution in [0.5, 0.6) is 0 Å². The quantitative estimate of drug-likeness (QED) is 0.767. The zero-order valence-corrected chi connectivity index (χ0v) is 10.2. The van der Waals surface area contributed by atoms with E-state index in [4.69, 9.17) is 0 Å². The molecule has 1 aromatic carbocycles. The first-order chi connectivity index (χ1) is 6.95. The zero-order chi connectivity index (χ0) is 11.5. The van der Waals surface area contributed by atoms with Gasteiger partial charge in [0.05, 0.1) is 5.54 Å². The van der Waals surface area contributed by atoms with Gasteiger partial charge < -0.3 is 0 Å². The monoisotopic (exact) mass is 227 g/mol. The first-order valence-electron chi connectivity index (χ1n) is 4.97. The maximum absolute atomic E-state index is 10.6. The molecule has 0 aliphatic rings. The van der Waals surface area contributed by atoms with Gasteiger partial charge in [-0.05, 0) is 31.4 Å². The molecule has 84 valence electrons. The van der Waals surface area contributed by atoms with Crippen molar-refractivity contribution in [2.75, 3.05) is 0 Å². The lowest BCUT2D eigenvalue weighted by atomic mass is 9.94. The summed E-state index contributed by atoms with van der Waals surface area (Å²) in [6.45, 7) is 5.78. The highest BCUT2D eigenvalue weighted by Crippen LogP contribution is 2.20. The fourth-order valence-corrected chi connectivity index (χ4v) is 2.04. The van der Waals surface area contributed by atoms with Crippen LogP contribution in [0.4, 0.5) is 0 Å². The second-order valence-corrected chi connectivity index (χ2v) is 4.78. The highest BCUT2D eigenvalue weighted by Gasteiger charge is 2.20. The summed E-state index contributed by atoms with van der Waals surface area (Å²) in [7, 11) is -2.57. The van der Waals surface area contributed by atoms with Crippen molar-refractivity contribution >= 4 is 10.9 Å². The van der Waals surface area contributed by atoms with Crippen molar-refractivity contribution in [2.45, 2.75) is 32.7 Å². The van der Waals surface area contributed by atoms with Gasteiger partial charge in [-0.15, -0.1) is 0 Å². The fraction of sp³-hybridized carbons (Fsp3) is 0.455. The van der Waals surface area contributed by atoms with Crippen LogP contribution in [0.1, 0.15) is 31.9 Å². The Labute approximate surface area is 92.6 Å². The lowest BCUT2D eigenvalue weighted by molar-refractivity contribution is 0.482. The van der Waals surface area contributed by atoms with Crippen LogP contribution < -0.4 is 4.72 Å². The molecule has 1 aromatic rings. The molecule has 1 N–H and O–H groups in total. The van der Waals surface area contributed by atoms with Crippen molar-refractivity contribution in [3.8, 4) is 0 Å². The Morgan fingerprint density at radius 2 is 1.73 bits per heavy atom. The lowest BCUT2D eigenvalue weighted by Gasteiger charge is -2.23. The van der Waals surface area contributed by atoms with Crippen molar-refractivity contribution in [3.63, 3.8) is 0 Å². The average molecular weight is 227 g/mol.